The molecule has 3 aliphatic rings. The number of benzene rings is 9. The van der Waals surface area contributed by atoms with Gasteiger partial charge in [0.1, 0.15) is 11.2 Å². The predicted octanol–water partition coefficient (Wildman–Crippen LogP) is 11.3. The minimum atomic E-state index is -2.95. The van der Waals surface area contributed by atoms with Crippen molar-refractivity contribution in [2.45, 2.75) is 11.8 Å². The molecule has 1 heterocycles. The maximum absolute atomic E-state index is 6.49. The van der Waals surface area contributed by atoms with Gasteiger partial charge in [-0.05, 0) is 94.6 Å². The van der Waals surface area contributed by atoms with Gasteiger partial charge in [0.2, 0.25) is 0 Å². The number of fused-ring (bicyclic) bond motifs is 3. The molecule has 2 bridgehead atoms. The molecule has 2 atom stereocenters. The van der Waals surface area contributed by atoms with Crippen molar-refractivity contribution in [2.24, 2.45) is 0 Å². The van der Waals surface area contributed by atoms with E-state index in [-0.39, 0.29) is 11.8 Å². The fourth-order valence-electron chi connectivity index (χ4n) is 10.7. The van der Waals surface area contributed by atoms with Gasteiger partial charge in [-0.2, -0.15) is 0 Å². The molecule has 58 heavy (non-hydrogen) atoms. The quantitative estimate of drug-likeness (QED) is 0.122. The normalized spacial score (nSPS) is 15.2. The summed E-state index contributed by atoms with van der Waals surface area (Å²) in [5, 5.41) is 7.94. The van der Waals surface area contributed by atoms with Crippen LogP contribution < -0.4 is 20.7 Å². The molecule has 0 spiro atoms. The standard InChI is InChI=1S/C56H38OSi/c1-4-16-37(17-5-1)38-30-33-42(34-31-38)58(40-18-6-2-7-19-40,41-20-8-3-9-21-41)52-29-15-27-49-53-46-23-10-11-24-47(46)56(55(49)52)54-43(25-14-26-48(53)54)39-32-35-45-44-22-12-13-28-50(44)57-51(45)36-39/h1-36,53,56H. The second-order valence-corrected chi connectivity index (χ2v) is 19.6. The molecule has 0 saturated carbocycles. The molecule has 0 aliphatic heterocycles. The highest BCUT2D eigenvalue weighted by atomic mass is 28.3. The van der Waals surface area contributed by atoms with Crippen LogP contribution in [0.5, 0.6) is 0 Å². The number of hydrogen-bond donors (Lipinski definition) is 0. The Morgan fingerprint density at radius 2 is 0.845 bits per heavy atom. The van der Waals surface area contributed by atoms with E-state index in [9.17, 15) is 0 Å². The van der Waals surface area contributed by atoms with Gasteiger partial charge in [-0.25, -0.2) is 0 Å². The van der Waals surface area contributed by atoms with Crippen LogP contribution in [-0.2, 0) is 0 Å². The summed E-state index contributed by atoms with van der Waals surface area (Å²) in [7, 11) is -2.95. The van der Waals surface area contributed by atoms with Crippen molar-refractivity contribution in [3.05, 3.63) is 252 Å². The van der Waals surface area contributed by atoms with E-state index in [1.807, 2.05) is 6.07 Å². The lowest BCUT2D eigenvalue weighted by Gasteiger charge is -2.47. The molecule has 3 aliphatic carbocycles. The van der Waals surface area contributed by atoms with Gasteiger partial charge in [0.25, 0.3) is 0 Å². The third-order valence-electron chi connectivity index (χ3n) is 13.0. The minimum Gasteiger partial charge on any atom is -0.456 e. The van der Waals surface area contributed by atoms with Gasteiger partial charge < -0.3 is 4.42 Å². The summed E-state index contributed by atoms with van der Waals surface area (Å²) < 4.78 is 6.49. The van der Waals surface area contributed by atoms with Gasteiger partial charge in [0, 0.05) is 22.6 Å². The lowest BCUT2D eigenvalue weighted by atomic mass is 9.60. The average Bonchev–Trinajstić information content (AvgIpc) is 3.68. The molecular weight excluding hydrogens is 717 g/mol. The molecular formula is C56H38OSi. The first-order valence-electron chi connectivity index (χ1n) is 20.3. The van der Waals surface area contributed by atoms with Crippen LogP contribution in [0.4, 0.5) is 0 Å². The van der Waals surface area contributed by atoms with Crippen LogP contribution in [0, 0.1) is 0 Å². The summed E-state index contributed by atoms with van der Waals surface area (Å²) in [5.41, 5.74) is 15.4. The zero-order chi connectivity index (χ0) is 38.2. The van der Waals surface area contributed by atoms with Gasteiger partial charge in [0.05, 0.1) is 0 Å². The summed E-state index contributed by atoms with van der Waals surface area (Å²) in [4.78, 5) is 0. The molecule has 9 aromatic carbocycles. The van der Waals surface area contributed by atoms with Gasteiger partial charge in [0.15, 0.2) is 8.07 Å². The molecule has 272 valence electrons. The molecule has 10 aromatic rings. The Kier molecular flexibility index (Phi) is 7.45. The Bertz CT molecular complexity index is 3120. The van der Waals surface area contributed by atoms with Gasteiger partial charge in [-0.1, -0.05) is 200 Å². The first kappa shape index (κ1) is 33.2. The van der Waals surface area contributed by atoms with Crippen LogP contribution in [-0.4, -0.2) is 8.07 Å². The summed E-state index contributed by atoms with van der Waals surface area (Å²) in [6.45, 7) is 0. The van der Waals surface area contributed by atoms with Crippen LogP contribution >= 0.6 is 0 Å². The molecule has 0 amide bonds. The highest BCUT2D eigenvalue weighted by molar-refractivity contribution is 7.20. The highest BCUT2D eigenvalue weighted by Crippen LogP contribution is 2.57. The Labute approximate surface area is 339 Å². The van der Waals surface area contributed by atoms with E-state index in [0.717, 1.165) is 21.9 Å². The van der Waals surface area contributed by atoms with E-state index in [1.54, 1.807) is 0 Å². The summed E-state index contributed by atoms with van der Waals surface area (Å²) in [6, 6.07) is 81.8. The summed E-state index contributed by atoms with van der Waals surface area (Å²) in [5.74, 6) is 0.174. The van der Waals surface area contributed by atoms with Gasteiger partial charge >= 0.3 is 0 Å². The van der Waals surface area contributed by atoms with Crippen molar-refractivity contribution in [2.75, 3.05) is 0 Å². The predicted molar refractivity (Wildman–Crippen MR) is 243 cm³/mol. The first-order valence-corrected chi connectivity index (χ1v) is 22.3. The lowest BCUT2D eigenvalue weighted by Crippen LogP contribution is -2.75. The van der Waals surface area contributed by atoms with Crippen molar-refractivity contribution in [3.63, 3.8) is 0 Å². The smallest absolute Gasteiger partial charge is 0.179 e. The van der Waals surface area contributed by atoms with Gasteiger partial charge in [-0.3, -0.25) is 0 Å². The lowest BCUT2D eigenvalue weighted by molar-refractivity contribution is 0.669. The zero-order valence-electron chi connectivity index (χ0n) is 31.8. The fraction of sp³-hybridized carbons (Fsp3) is 0.0357. The monoisotopic (exact) mass is 754 g/mol. The molecule has 0 fully saturated rings. The molecule has 0 N–H and O–H groups in total. The van der Waals surface area contributed by atoms with Crippen LogP contribution in [0.15, 0.2) is 223 Å². The van der Waals surface area contributed by atoms with Crippen molar-refractivity contribution in [3.8, 4) is 22.3 Å². The molecule has 0 saturated heterocycles. The fourth-order valence-corrected chi connectivity index (χ4v) is 15.7. The Morgan fingerprint density at radius 3 is 1.57 bits per heavy atom. The maximum atomic E-state index is 6.49. The number of rotatable bonds is 6. The van der Waals surface area contributed by atoms with Crippen LogP contribution in [0.2, 0.25) is 0 Å². The van der Waals surface area contributed by atoms with Crippen LogP contribution in [0.1, 0.15) is 45.2 Å². The minimum absolute atomic E-state index is 0.0489. The number of hydrogen-bond acceptors (Lipinski definition) is 1. The zero-order valence-corrected chi connectivity index (χ0v) is 32.8. The number of para-hydroxylation sites is 1. The Hall–Kier alpha value is -7.00. The Balaban J connectivity index is 1.15. The summed E-state index contributed by atoms with van der Waals surface area (Å²) >= 11 is 0. The molecule has 0 radical (unpaired) electrons. The molecule has 2 heteroatoms. The number of furan rings is 1. The molecule has 13 rings (SSSR count). The van der Waals surface area contributed by atoms with Crippen molar-refractivity contribution in [1.29, 1.82) is 0 Å². The molecule has 2 unspecified atom stereocenters. The molecule has 1 aromatic heterocycles. The molecule has 1 nitrogen and oxygen atoms in total. The van der Waals surface area contributed by atoms with E-state index in [0.29, 0.717) is 0 Å². The van der Waals surface area contributed by atoms with E-state index in [1.165, 1.54) is 76.4 Å². The topological polar surface area (TPSA) is 13.1 Å². The average molecular weight is 755 g/mol. The highest BCUT2D eigenvalue weighted by Gasteiger charge is 2.49. The van der Waals surface area contributed by atoms with Crippen LogP contribution in [0.3, 0.4) is 0 Å². The van der Waals surface area contributed by atoms with Gasteiger partial charge in [-0.15, -0.1) is 0 Å². The van der Waals surface area contributed by atoms with E-state index < -0.39 is 8.07 Å². The summed E-state index contributed by atoms with van der Waals surface area (Å²) in [6.07, 6.45) is 0. The third-order valence-corrected chi connectivity index (χ3v) is 17.9. The van der Waals surface area contributed by atoms with Crippen molar-refractivity contribution in [1.82, 2.24) is 0 Å². The van der Waals surface area contributed by atoms with Crippen molar-refractivity contribution < 1.29 is 4.42 Å². The first-order chi connectivity index (χ1) is 28.8. The second-order valence-electron chi connectivity index (χ2n) is 15.8. The second kappa shape index (κ2) is 13.0. The van der Waals surface area contributed by atoms with E-state index >= 15 is 0 Å². The largest absolute Gasteiger partial charge is 0.456 e. The third kappa shape index (κ3) is 4.76. The van der Waals surface area contributed by atoms with E-state index in [4.69, 9.17) is 4.42 Å². The van der Waals surface area contributed by atoms with Crippen molar-refractivity contribution >= 4 is 50.8 Å². The SMILES string of the molecule is c1ccc(-c2ccc([Si](c3ccccc3)(c3ccccc3)c3cccc4c3C3c5ccccc5C4c4cccc(-c5ccc6c(c5)oc5ccccc56)c43)cc2)cc1. The van der Waals surface area contributed by atoms with Crippen LogP contribution in [0.25, 0.3) is 44.2 Å². The Morgan fingerprint density at radius 1 is 0.328 bits per heavy atom. The maximum Gasteiger partial charge on any atom is 0.179 e. The van der Waals surface area contributed by atoms with E-state index in [2.05, 4.69) is 212 Å².